The number of benzene rings is 1. The van der Waals surface area contributed by atoms with E-state index in [0.29, 0.717) is 6.61 Å². The van der Waals surface area contributed by atoms with Crippen LogP contribution in [0.5, 0.6) is 0 Å². The van der Waals surface area contributed by atoms with E-state index in [2.05, 4.69) is 47.1 Å². The first-order valence-electron chi connectivity index (χ1n) is 6.91. The third-order valence-electron chi connectivity index (χ3n) is 4.01. The van der Waals surface area contributed by atoms with Crippen LogP contribution in [0.15, 0.2) is 55.1 Å². The molecule has 4 heterocycles. The fourth-order valence-electron chi connectivity index (χ4n) is 2.98. The Kier molecular flexibility index (Phi) is 2.00. The molecule has 0 amide bonds. The summed E-state index contributed by atoms with van der Waals surface area (Å²) in [6.45, 7) is 0.599. The first-order chi connectivity index (χ1) is 10.4. The summed E-state index contributed by atoms with van der Waals surface area (Å²) < 4.78 is 7.45. The number of rotatable bonds is 0. The largest absolute Gasteiger partial charge is 0.496 e. The second-order valence-electron chi connectivity index (χ2n) is 5.33. The molecule has 99 valence electrons. The monoisotopic (exact) mass is 271 g/mol. The average molecular weight is 271 g/mol. The van der Waals surface area contributed by atoms with Gasteiger partial charge in [0, 0.05) is 34.8 Å². The summed E-state index contributed by atoms with van der Waals surface area (Å²) >= 11 is 0. The number of aromatic nitrogens is 2. The van der Waals surface area contributed by atoms with Crippen LogP contribution in [0.2, 0.25) is 0 Å². The van der Waals surface area contributed by atoms with Crippen LogP contribution in [0.4, 0.5) is 0 Å². The maximum Gasteiger partial charge on any atom is 0.114 e. The van der Waals surface area contributed by atoms with Crippen molar-refractivity contribution >= 4 is 27.3 Å². The predicted octanol–water partition coefficient (Wildman–Crippen LogP) is 3.84. The number of nitrogens with zero attached hydrogens (tertiary/aromatic N) is 2. The molecule has 21 heavy (non-hydrogen) atoms. The van der Waals surface area contributed by atoms with Gasteiger partial charge in [0.1, 0.15) is 6.61 Å². The number of pyridine rings is 2. The Balaban J connectivity index is 1.93. The normalized spacial score (nSPS) is 13.7. The number of hydrogen-bond donors (Lipinski definition) is 0. The summed E-state index contributed by atoms with van der Waals surface area (Å²) in [6, 6.07) is 12.5. The molecule has 5 rings (SSSR count). The summed E-state index contributed by atoms with van der Waals surface area (Å²) in [6.07, 6.45) is 9.03. The molecule has 0 saturated heterocycles. The lowest BCUT2D eigenvalue weighted by atomic mass is 10.1. The lowest BCUT2D eigenvalue weighted by Gasteiger charge is -2.11. The van der Waals surface area contributed by atoms with Crippen molar-refractivity contribution in [2.24, 2.45) is 0 Å². The molecule has 1 aromatic carbocycles. The SMILES string of the molecule is [C]1=COCc2cn3cc4cc5ccccc5nc4c3cc21. The molecule has 0 N–H and O–H groups in total. The van der Waals surface area contributed by atoms with Gasteiger partial charge in [-0.1, -0.05) is 18.2 Å². The number of fused-ring (bicyclic) bond motifs is 5. The number of ether oxygens (including phenoxy) is 1. The minimum atomic E-state index is 0.599. The Morgan fingerprint density at radius 1 is 1.10 bits per heavy atom. The van der Waals surface area contributed by atoms with Crippen LogP contribution in [0.3, 0.4) is 0 Å². The van der Waals surface area contributed by atoms with Gasteiger partial charge in [0.2, 0.25) is 0 Å². The molecule has 0 fully saturated rings. The molecule has 1 radical (unpaired) electrons. The second-order valence-corrected chi connectivity index (χ2v) is 5.33. The lowest BCUT2D eigenvalue weighted by molar-refractivity contribution is 0.228. The van der Waals surface area contributed by atoms with Crippen LogP contribution in [-0.4, -0.2) is 9.38 Å². The van der Waals surface area contributed by atoms with E-state index in [1.807, 2.05) is 12.1 Å². The zero-order valence-corrected chi connectivity index (χ0v) is 11.2. The smallest absolute Gasteiger partial charge is 0.114 e. The molecule has 0 spiro atoms. The first-order valence-corrected chi connectivity index (χ1v) is 6.91. The van der Waals surface area contributed by atoms with E-state index in [9.17, 15) is 0 Å². The molecular weight excluding hydrogens is 260 g/mol. The molecule has 4 aromatic rings. The minimum absolute atomic E-state index is 0.599. The molecule has 0 unspecified atom stereocenters. The van der Waals surface area contributed by atoms with Crippen molar-refractivity contribution in [3.05, 3.63) is 72.3 Å². The Morgan fingerprint density at radius 2 is 2.05 bits per heavy atom. The highest BCUT2D eigenvalue weighted by atomic mass is 16.5. The maximum atomic E-state index is 5.32. The van der Waals surface area contributed by atoms with Gasteiger partial charge in [0.15, 0.2) is 0 Å². The van der Waals surface area contributed by atoms with Gasteiger partial charge >= 0.3 is 0 Å². The molecule has 1 aliphatic rings. The quantitative estimate of drug-likeness (QED) is 0.486. The average Bonchev–Trinajstić information content (AvgIpc) is 2.87. The van der Waals surface area contributed by atoms with Gasteiger partial charge in [0.05, 0.1) is 22.8 Å². The topological polar surface area (TPSA) is 26.5 Å². The van der Waals surface area contributed by atoms with Crippen molar-refractivity contribution in [3.8, 4) is 0 Å². The van der Waals surface area contributed by atoms with Crippen molar-refractivity contribution in [1.29, 1.82) is 0 Å². The van der Waals surface area contributed by atoms with Crippen LogP contribution >= 0.6 is 0 Å². The molecule has 0 bridgehead atoms. The Hall–Kier alpha value is -2.81. The Bertz CT molecular complexity index is 1040. The number of para-hydroxylation sites is 1. The van der Waals surface area contributed by atoms with Gasteiger partial charge in [-0.3, -0.25) is 0 Å². The molecular formula is C18H11N2O. The molecule has 0 aliphatic carbocycles. The first kappa shape index (κ1) is 10.9. The van der Waals surface area contributed by atoms with E-state index in [1.165, 1.54) is 5.39 Å². The lowest BCUT2D eigenvalue weighted by Crippen LogP contribution is -2.00. The zero-order chi connectivity index (χ0) is 13.8. The zero-order valence-electron chi connectivity index (χ0n) is 11.2. The van der Waals surface area contributed by atoms with Crippen LogP contribution in [0, 0.1) is 6.08 Å². The van der Waals surface area contributed by atoms with E-state index in [4.69, 9.17) is 9.72 Å². The van der Waals surface area contributed by atoms with E-state index in [1.54, 1.807) is 6.26 Å². The van der Waals surface area contributed by atoms with Gasteiger partial charge in [-0.2, -0.15) is 0 Å². The highest BCUT2D eigenvalue weighted by molar-refractivity contribution is 6.01. The highest BCUT2D eigenvalue weighted by Gasteiger charge is 2.12. The summed E-state index contributed by atoms with van der Waals surface area (Å²) in [4.78, 5) is 4.82. The summed E-state index contributed by atoms with van der Waals surface area (Å²) in [5, 5.41) is 2.32. The third kappa shape index (κ3) is 1.51. The Morgan fingerprint density at radius 3 is 3.05 bits per heavy atom. The van der Waals surface area contributed by atoms with E-state index < -0.39 is 0 Å². The number of hydrogen-bond acceptors (Lipinski definition) is 2. The van der Waals surface area contributed by atoms with Gasteiger partial charge in [0.25, 0.3) is 0 Å². The van der Waals surface area contributed by atoms with Gasteiger partial charge in [-0.15, -0.1) is 0 Å². The third-order valence-corrected chi connectivity index (χ3v) is 4.01. The fraction of sp³-hybridized carbons (Fsp3) is 0.0556. The maximum absolute atomic E-state index is 5.32. The highest BCUT2D eigenvalue weighted by Crippen LogP contribution is 2.27. The molecule has 1 aliphatic heterocycles. The van der Waals surface area contributed by atoms with Gasteiger partial charge < -0.3 is 9.14 Å². The van der Waals surface area contributed by atoms with E-state index in [-0.39, 0.29) is 0 Å². The minimum Gasteiger partial charge on any atom is -0.496 e. The summed E-state index contributed by atoms with van der Waals surface area (Å²) in [7, 11) is 0. The molecule has 0 atom stereocenters. The summed E-state index contributed by atoms with van der Waals surface area (Å²) in [5.41, 5.74) is 5.40. The van der Waals surface area contributed by atoms with Crippen LogP contribution in [0.1, 0.15) is 11.1 Å². The van der Waals surface area contributed by atoms with Crippen molar-refractivity contribution in [1.82, 2.24) is 9.38 Å². The van der Waals surface area contributed by atoms with Crippen molar-refractivity contribution < 1.29 is 4.74 Å². The molecule has 0 saturated carbocycles. The van der Waals surface area contributed by atoms with E-state index >= 15 is 0 Å². The van der Waals surface area contributed by atoms with Crippen molar-refractivity contribution in [2.45, 2.75) is 6.61 Å². The van der Waals surface area contributed by atoms with Crippen LogP contribution in [0.25, 0.3) is 27.3 Å². The molecule has 3 heteroatoms. The van der Waals surface area contributed by atoms with Gasteiger partial charge in [-0.05, 0) is 23.8 Å². The molecule has 3 nitrogen and oxygen atoms in total. The van der Waals surface area contributed by atoms with Crippen molar-refractivity contribution in [3.63, 3.8) is 0 Å². The van der Waals surface area contributed by atoms with Crippen molar-refractivity contribution in [2.75, 3.05) is 0 Å². The molecule has 3 aromatic heterocycles. The fourth-order valence-corrected chi connectivity index (χ4v) is 2.98. The van der Waals surface area contributed by atoms with Gasteiger partial charge in [-0.25, -0.2) is 4.98 Å². The predicted molar refractivity (Wildman–Crippen MR) is 81.9 cm³/mol. The van der Waals surface area contributed by atoms with Crippen LogP contribution in [-0.2, 0) is 11.3 Å². The Labute approximate surface area is 121 Å². The van der Waals surface area contributed by atoms with E-state index in [0.717, 1.165) is 33.1 Å². The second kappa shape index (κ2) is 3.85. The van der Waals surface area contributed by atoms with Crippen LogP contribution < -0.4 is 0 Å². The standard InChI is InChI=1S/C18H11N2O/c1-2-4-16-13(3-1)7-14-9-20-10-15-11-21-6-5-12(15)8-17(20)18(14)19-16/h1-4,6-10H,11H2. The summed E-state index contributed by atoms with van der Waals surface area (Å²) in [5.74, 6) is 0.